The van der Waals surface area contributed by atoms with Crippen LogP contribution in [0.5, 0.6) is 0 Å². The normalized spacial score (nSPS) is 24.9. The summed E-state index contributed by atoms with van der Waals surface area (Å²) in [5, 5.41) is 10.4. The van der Waals surface area contributed by atoms with Crippen molar-refractivity contribution in [2.45, 2.75) is 6.10 Å². The van der Waals surface area contributed by atoms with Crippen LogP contribution in [0.15, 0.2) is 0 Å². The summed E-state index contributed by atoms with van der Waals surface area (Å²) < 4.78 is 4.27. The molecule has 1 heterocycles. The van der Waals surface area contributed by atoms with E-state index in [-0.39, 0.29) is 6.54 Å². The number of ether oxygens (including phenoxy) is 1. The van der Waals surface area contributed by atoms with Gasteiger partial charge in [0.1, 0.15) is 0 Å². The van der Waals surface area contributed by atoms with Gasteiger partial charge in [-0.1, -0.05) is 0 Å². The van der Waals surface area contributed by atoms with Crippen LogP contribution in [-0.2, 0) is 9.53 Å². The van der Waals surface area contributed by atoms with Gasteiger partial charge in [-0.25, -0.2) is 9.59 Å². The molecule has 5 heteroatoms. The number of cyclic esters (lactones) is 1. The summed E-state index contributed by atoms with van der Waals surface area (Å²) in [6.45, 7) is 0.0637. The second-order valence-corrected chi connectivity index (χ2v) is 1.61. The van der Waals surface area contributed by atoms with Crippen molar-refractivity contribution in [2.75, 3.05) is 6.54 Å². The highest BCUT2D eigenvalue weighted by Crippen LogP contribution is 1.98. The Morgan fingerprint density at radius 3 is 2.78 bits per heavy atom. The number of nitrogens with one attached hydrogen (secondary N) is 1. The molecule has 0 aromatic heterocycles. The summed E-state index contributed by atoms with van der Waals surface area (Å²) in [6.07, 6.45) is -1.67. The molecule has 1 aliphatic rings. The summed E-state index contributed by atoms with van der Waals surface area (Å²) in [7, 11) is 0. The number of carbonyl (C=O) groups is 2. The fourth-order valence-electron chi connectivity index (χ4n) is 0.526. The SMILES string of the molecule is O=C1NC[C@@H](C(=O)O)O1. The van der Waals surface area contributed by atoms with Crippen LogP contribution in [0.2, 0.25) is 0 Å². The first-order valence-corrected chi connectivity index (χ1v) is 2.37. The van der Waals surface area contributed by atoms with Crippen LogP contribution in [0.3, 0.4) is 0 Å². The van der Waals surface area contributed by atoms with Gasteiger partial charge in [-0.15, -0.1) is 0 Å². The minimum atomic E-state index is -1.12. The van der Waals surface area contributed by atoms with E-state index in [1.807, 2.05) is 0 Å². The summed E-state index contributed by atoms with van der Waals surface area (Å²) in [4.78, 5) is 20.2. The van der Waals surface area contributed by atoms with Crippen molar-refractivity contribution < 1.29 is 19.4 Å². The zero-order valence-corrected chi connectivity index (χ0v) is 4.46. The van der Waals surface area contributed by atoms with E-state index in [1.165, 1.54) is 0 Å². The van der Waals surface area contributed by atoms with E-state index in [4.69, 9.17) is 5.11 Å². The molecule has 0 aromatic carbocycles. The number of aliphatic carboxylic acids is 1. The summed E-state index contributed by atoms with van der Waals surface area (Å²) >= 11 is 0. The fraction of sp³-hybridized carbons (Fsp3) is 0.500. The molecule has 1 rings (SSSR count). The third kappa shape index (κ3) is 1.10. The van der Waals surface area contributed by atoms with Crippen LogP contribution in [0.25, 0.3) is 0 Å². The third-order valence-electron chi connectivity index (χ3n) is 0.957. The molecule has 1 aliphatic heterocycles. The van der Waals surface area contributed by atoms with Gasteiger partial charge >= 0.3 is 12.1 Å². The largest absolute Gasteiger partial charge is 0.478 e. The Bertz CT molecular complexity index is 155. The van der Waals surface area contributed by atoms with Gasteiger partial charge in [0, 0.05) is 0 Å². The predicted octanol–water partition coefficient (Wildman–Crippen LogP) is -0.821. The second kappa shape index (κ2) is 1.93. The summed E-state index contributed by atoms with van der Waals surface area (Å²) in [6, 6.07) is 0. The number of alkyl carbamates (subject to hydrolysis) is 1. The van der Waals surface area contributed by atoms with Crippen LogP contribution < -0.4 is 5.32 Å². The van der Waals surface area contributed by atoms with Gasteiger partial charge in [0.05, 0.1) is 6.54 Å². The van der Waals surface area contributed by atoms with E-state index in [0.29, 0.717) is 0 Å². The molecule has 5 nitrogen and oxygen atoms in total. The zero-order valence-electron chi connectivity index (χ0n) is 4.46. The molecular formula is C4H5NO4. The molecule has 1 atom stereocenters. The van der Waals surface area contributed by atoms with Gasteiger partial charge in [-0.05, 0) is 0 Å². The van der Waals surface area contributed by atoms with Gasteiger partial charge in [-0.2, -0.15) is 0 Å². The van der Waals surface area contributed by atoms with Crippen molar-refractivity contribution in [3.05, 3.63) is 0 Å². The first-order chi connectivity index (χ1) is 4.20. The van der Waals surface area contributed by atoms with E-state index in [2.05, 4.69) is 10.1 Å². The molecule has 0 aliphatic carbocycles. The molecule has 0 bridgehead atoms. The van der Waals surface area contributed by atoms with Gasteiger partial charge < -0.3 is 15.2 Å². The van der Waals surface area contributed by atoms with Gasteiger partial charge in [0.25, 0.3) is 0 Å². The quantitative estimate of drug-likeness (QED) is 0.487. The number of amides is 1. The lowest BCUT2D eigenvalue weighted by Crippen LogP contribution is -2.23. The minimum Gasteiger partial charge on any atom is -0.478 e. The molecule has 0 spiro atoms. The lowest BCUT2D eigenvalue weighted by Gasteiger charge is -1.97. The van der Waals surface area contributed by atoms with Crippen LogP contribution in [-0.4, -0.2) is 29.8 Å². The highest BCUT2D eigenvalue weighted by molar-refractivity contribution is 5.80. The second-order valence-electron chi connectivity index (χ2n) is 1.61. The molecule has 2 N–H and O–H groups in total. The van der Waals surface area contributed by atoms with E-state index >= 15 is 0 Å². The Morgan fingerprint density at radius 1 is 1.89 bits per heavy atom. The first kappa shape index (κ1) is 5.87. The Balaban J connectivity index is 2.48. The summed E-state index contributed by atoms with van der Waals surface area (Å²) in [5.41, 5.74) is 0. The van der Waals surface area contributed by atoms with Crippen molar-refractivity contribution >= 4 is 12.1 Å². The topological polar surface area (TPSA) is 75.6 Å². The van der Waals surface area contributed by atoms with E-state index < -0.39 is 18.2 Å². The molecule has 0 aromatic rings. The predicted molar refractivity (Wildman–Crippen MR) is 25.9 cm³/mol. The number of hydrogen-bond donors (Lipinski definition) is 2. The standard InChI is InChI=1S/C4H5NO4/c6-3(7)2-1-5-4(8)9-2/h2H,1H2,(H,5,8)(H,6,7)/t2-/m0/s1. The maximum atomic E-state index is 10.2. The minimum absolute atomic E-state index is 0.0637. The smallest absolute Gasteiger partial charge is 0.408 e. The van der Waals surface area contributed by atoms with Crippen LogP contribution in [0, 0.1) is 0 Å². The molecule has 0 saturated carbocycles. The molecule has 1 fully saturated rings. The highest BCUT2D eigenvalue weighted by Gasteiger charge is 2.28. The molecule has 0 unspecified atom stereocenters. The maximum Gasteiger partial charge on any atom is 0.408 e. The molecule has 1 amide bonds. The van der Waals surface area contributed by atoms with Crippen molar-refractivity contribution in [1.29, 1.82) is 0 Å². The van der Waals surface area contributed by atoms with E-state index in [9.17, 15) is 9.59 Å². The lowest BCUT2D eigenvalue weighted by atomic mass is 10.4. The van der Waals surface area contributed by atoms with Gasteiger partial charge in [-0.3, -0.25) is 0 Å². The molecule has 1 saturated heterocycles. The monoisotopic (exact) mass is 131 g/mol. The Morgan fingerprint density at radius 2 is 2.56 bits per heavy atom. The first-order valence-electron chi connectivity index (χ1n) is 2.37. The Kier molecular flexibility index (Phi) is 1.26. The molecule has 50 valence electrons. The van der Waals surface area contributed by atoms with E-state index in [1.54, 1.807) is 0 Å². The molecule has 9 heavy (non-hydrogen) atoms. The van der Waals surface area contributed by atoms with Crippen LogP contribution in [0.4, 0.5) is 4.79 Å². The lowest BCUT2D eigenvalue weighted by molar-refractivity contribution is -0.144. The number of rotatable bonds is 1. The van der Waals surface area contributed by atoms with Crippen molar-refractivity contribution in [3.63, 3.8) is 0 Å². The molecule has 0 radical (unpaired) electrons. The highest BCUT2D eigenvalue weighted by atomic mass is 16.6. The fourth-order valence-corrected chi connectivity index (χ4v) is 0.526. The average Bonchev–Trinajstić information content (AvgIpc) is 2.14. The average molecular weight is 131 g/mol. The Hall–Kier alpha value is -1.26. The van der Waals surface area contributed by atoms with Crippen molar-refractivity contribution in [2.24, 2.45) is 0 Å². The maximum absolute atomic E-state index is 10.2. The molecular weight excluding hydrogens is 126 g/mol. The van der Waals surface area contributed by atoms with Gasteiger partial charge in [0.2, 0.25) is 6.10 Å². The van der Waals surface area contributed by atoms with Gasteiger partial charge in [0.15, 0.2) is 0 Å². The zero-order chi connectivity index (χ0) is 6.85. The van der Waals surface area contributed by atoms with Crippen LogP contribution >= 0.6 is 0 Å². The third-order valence-corrected chi connectivity index (χ3v) is 0.957. The number of carboxylic acid groups (broad SMARTS) is 1. The van der Waals surface area contributed by atoms with E-state index in [0.717, 1.165) is 0 Å². The van der Waals surface area contributed by atoms with Crippen LogP contribution in [0.1, 0.15) is 0 Å². The summed E-state index contributed by atoms with van der Waals surface area (Å²) in [5.74, 6) is -1.12. The number of hydrogen-bond acceptors (Lipinski definition) is 3. The number of carboxylic acids is 1. The Labute approximate surface area is 50.6 Å². The van der Waals surface area contributed by atoms with Crippen molar-refractivity contribution in [1.82, 2.24) is 5.32 Å². The van der Waals surface area contributed by atoms with Crippen molar-refractivity contribution in [3.8, 4) is 0 Å². The number of carbonyl (C=O) groups excluding carboxylic acids is 1.